The Balaban J connectivity index is 1.84. The Hall–Kier alpha value is -2.55. The number of nitrogens with zero attached hydrogens (tertiary/aromatic N) is 3. The van der Waals surface area contributed by atoms with Crippen molar-refractivity contribution in [3.8, 4) is 0 Å². The van der Waals surface area contributed by atoms with E-state index in [4.69, 9.17) is 4.99 Å². The molecule has 1 aliphatic heterocycles. The van der Waals surface area contributed by atoms with Gasteiger partial charge in [-0.15, -0.1) is 0 Å². The third-order valence-electron chi connectivity index (χ3n) is 4.78. The van der Waals surface area contributed by atoms with Crippen molar-refractivity contribution in [1.29, 1.82) is 0 Å². The van der Waals surface area contributed by atoms with Gasteiger partial charge in [-0.2, -0.15) is 0 Å². The molecule has 0 aliphatic carbocycles. The first-order valence-electron chi connectivity index (χ1n) is 8.78. The molecule has 25 heavy (non-hydrogen) atoms. The van der Waals surface area contributed by atoms with Gasteiger partial charge >= 0.3 is 0 Å². The molecule has 0 saturated carbocycles. The second kappa shape index (κ2) is 6.75. The van der Waals surface area contributed by atoms with Crippen LogP contribution in [-0.4, -0.2) is 17.4 Å². The topological polar surface area (TPSA) is 18.8 Å². The van der Waals surface area contributed by atoms with E-state index in [0.29, 0.717) is 0 Å². The minimum Gasteiger partial charge on any atom is -0.327 e. The molecule has 0 bridgehead atoms. The summed E-state index contributed by atoms with van der Waals surface area (Å²) >= 11 is 0. The van der Waals surface area contributed by atoms with Crippen molar-refractivity contribution in [3.63, 3.8) is 0 Å². The van der Waals surface area contributed by atoms with Gasteiger partial charge in [0, 0.05) is 18.1 Å². The van der Waals surface area contributed by atoms with Crippen molar-refractivity contribution >= 4 is 17.2 Å². The van der Waals surface area contributed by atoms with E-state index in [2.05, 4.69) is 94.1 Å². The van der Waals surface area contributed by atoms with Crippen LogP contribution < -0.4 is 4.90 Å². The molecule has 0 radical (unpaired) electrons. The second-order valence-corrected chi connectivity index (χ2v) is 7.03. The summed E-state index contributed by atoms with van der Waals surface area (Å²) in [5.41, 5.74) is 8.74. The summed E-state index contributed by atoms with van der Waals surface area (Å²) in [5.74, 6) is 1.01. The molecule has 0 unspecified atom stereocenters. The van der Waals surface area contributed by atoms with Crippen LogP contribution in [0.15, 0.2) is 47.7 Å². The third-order valence-corrected chi connectivity index (χ3v) is 4.78. The van der Waals surface area contributed by atoms with Gasteiger partial charge in [0.25, 0.3) is 0 Å². The van der Waals surface area contributed by atoms with E-state index in [1.165, 1.54) is 33.5 Å². The van der Waals surface area contributed by atoms with E-state index in [1.807, 2.05) is 0 Å². The van der Waals surface area contributed by atoms with Crippen molar-refractivity contribution in [2.75, 3.05) is 11.6 Å². The number of rotatable bonds is 2. The molecule has 0 saturated heterocycles. The lowest BCUT2D eigenvalue weighted by Gasteiger charge is -2.24. The maximum absolute atomic E-state index is 4.89. The van der Waals surface area contributed by atoms with E-state index >= 15 is 0 Å². The number of amidine groups is 1. The van der Waals surface area contributed by atoms with Gasteiger partial charge in [-0.25, -0.2) is 4.99 Å². The Morgan fingerprint density at radius 1 is 0.880 bits per heavy atom. The Labute approximate surface area is 151 Å². The van der Waals surface area contributed by atoms with Crippen molar-refractivity contribution in [2.45, 2.75) is 41.5 Å². The Morgan fingerprint density at radius 3 is 2.08 bits per heavy atom. The van der Waals surface area contributed by atoms with Crippen molar-refractivity contribution in [2.24, 2.45) is 4.99 Å². The molecular formula is C22H27N3. The first-order chi connectivity index (χ1) is 11.9. The van der Waals surface area contributed by atoms with E-state index < -0.39 is 0 Å². The van der Waals surface area contributed by atoms with Gasteiger partial charge in [0.1, 0.15) is 12.5 Å². The molecule has 3 nitrogen and oxygen atoms in total. The summed E-state index contributed by atoms with van der Waals surface area (Å²) in [6, 6.07) is 10.8. The van der Waals surface area contributed by atoms with Gasteiger partial charge in [-0.05, 0) is 63.8 Å². The fourth-order valence-corrected chi connectivity index (χ4v) is 3.61. The third kappa shape index (κ3) is 3.46. The van der Waals surface area contributed by atoms with Gasteiger partial charge < -0.3 is 9.80 Å². The molecular weight excluding hydrogens is 306 g/mol. The number of anilines is 1. The molecule has 0 spiro atoms. The largest absolute Gasteiger partial charge is 0.327 e. The molecule has 1 heterocycles. The molecule has 0 atom stereocenters. The summed E-state index contributed by atoms with van der Waals surface area (Å²) < 4.78 is 0. The zero-order valence-corrected chi connectivity index (χ0v) is 16.1. The lowest BCUT2D eigenvalue weighted by Crippen LogP contribution is -2.29. The first kappa shape index (κ1) is 17.3. The average molecular weight is 333 g/mol. The highest BCUT2D eigenvalue weighted by Crippen LogP contribution is 2.29. The number of hydrogen-bond donors (Lipinski definition) is 0. The summed E-state index contributed by atoms with van der Waals surface area (Å²) in [5, 5.41) is 0. The lowest BCUT2D eigenvalue weighted by molar-refractivity contribution is 0.596. The summed E-state index contributed by atoms with van der Waals surface area (Å²) in [6.45, 7) is 13.6. The van der Waals surface area contributed by atoms with Gasteiger partial charge in [-0.3, -0.25) is 0 Å². The lowest BCUT2D eigenvalue weighted by atomic mass is 10.0. The zero-order valence-electron chi connectivity index (χ0n) is 16.1. The Kier molecular flexibility index (Phi) is 4.67. The fraction of sp³-hybridized carbons (Fsp3) is 0.318. The van der Waals surface area contributed by atoms with Crippen LogP contribution >= 0.6 is 0 Å². The van der Waals surface area contributed by atoms with Gasteiger partial charge in [0.2, 0.25) is 0 Å². The highest BCUT2D eigenvalue weighted by molar-refractivity contribution is 5.85. The number of hydrogen-bond acceptors (Lipinski definition) is 2. The summed E-state index contributed by atoms with van der Waals surface area (Å²) in [6.07, 6.45) is 4.26. The number of para-hydroxylation sites is 1. The standard InChI is InChI=1S/C22H27N3/c1-15-12-18(4)22(19(5)13-15)25-11-10-24(14-25)20(6)23-21-16(2)8-7-9-17(21)3/h7-13H,14H2,1-6H3. The number of aryl methyl sites for hydroxylation is 5. The smallest absolute Gasteiger partial charge is 0.107 e. The highest BCUT2D eigenvalue weighted by Gasteiger charge is 2.19. The van der Waals surface area contributed by atoms with Crippen LogP contribution in [0.25, 0.3) is 0 Å². The Bertz CT molecular complexity index is 818. The van der Waals surface area contributed by atoms with Gasteiger partial charge in [-0.1, -0.05) is 35.9 Å². The molecule has 0 fully saturated rings. The molecule has 3 heteroatoms. The molecule has 3 rings (SSSR count). The maximum Gasteiger partial charge on any atom is 0.107 e. The highest BCUT2D eigenvalue weighted by atomic mass is 15.4. The average Bonchev–Trinajstić information content (AvgIpc) is 2.99. The van der Waals surface area contributed by atoms with Crippen molar-refractivity contribution in [1.82, 2.24) is 4.90 Å². The number of aliphatic imine (C=N–C) groups is 1. The van der Waals surface area contributed by atoms with E-state index in [0.717, 1.165) is 18.2 Å². The zero-order chi connectivity index (χ0) is 18.1. The van der Waals surface area contributed by atoms with Gasteiger partial charge in [0.05, 0.1) is 5.69 Å². The molecule has 0 amide bonds. The van der Waals surface area contributed by atoms with Crippen LogP contribution in [0.3, 0.4) is 0 Å². The Morgan fingerprint density at radius 2 is 1.48 bits per heavy atom. The predicted molar refractivity (Wildman–Crippen MR) is 108 cm³/mol. The van der Waals surface area contributed by atoms with E-state index in [1.54, 1.807) is 0 Å². The van der Waals surface area contributed by atoms with Crippen LogP contribution in [0, 0.1) is 34.6 Å². The quantitative estimate of drug-likeness (QED) is 0.531. The molecule has 2 aromatic carbocycles. The van der Waals surface area contributed by atoms with Crippen LogP contribution in [0.1, 0.15) is 34.7 Å². The van der Waals surface area contributed by atoms with E-state index in [9.17, 15) is 0 Å². The van der Waals surface area contributed by atoms with Crippen LogP contribution in [-0.2, 0) is 0 Å². The monoisotopic (exact) mass is 333 g/mol. The molecule has 2 aromatic rings. The van der Waals surface area contributed by atoms with Crippen molar-refractivity contribution in [3.05, 3.63) is 70.5 Å². The summed E-state index contributed by atoms with van der Waals surface area (Å²) in [4.78, 5) is 9.39. The number of benzene rings is 2. The van der Waals surface area contributed by atoms with Gasteiger partial charge in [0.15, 0.2) is 0 Å². The van der Waals surface area contributed by atoms with E-state index in [-0.39, 0.29) is 0 Å². The minimum absolute atomic E-state index is 0.797. The minimum atomic E-state index is 0.797. The first-order valence-corrected chi connectivity index (χ1v) is 8.78. The predicted octanol–water partition coefficient (Wildman–Crippen LogP) is 5.53. The fourth-order valence-electron chi connectivity index (χ4n) is 3.61. The SMILES string of the molecule is CC(=Nc1c(C)cccc1C)N1C=CN(c2c(C)cc(C)cc2C)C1. The van der Waals surface area contributed by atoms with Crippen LogP contribution in [0.4, 0.5) is 11.4 Å². The maximum atomic E-state index is 4.89. The van der Waals surface area contributed by atoms with Crippen LogP contribution in [0.2, 0.25) is 0 Å². The molecule has 130 valence electrons. The molecule has 1 aliphatic rings. The van der Waals surface area contributed by atoms with Crippen molar-refractivity contribution < 1.29 is 0 Å². The summed E-state index contributed by atoms with van der Waals surface area (Å²) in [7, 11) is 0. The second-order valence-electron chi connectivity index (χ2n) is 7.03. The van der Waals surface area contributed by atoms with Crippen LogP contribution in [0.5, 0.6) is 0 Å². The molecule has 0 N–H and O–H groups in total. The normalized spacial score (nSPS) is 14.6. The molecule has 0 aromatic heterocycles.